The molecule has 2 saturated heterocycles. The van der Waals surface area contributed by atoms with Crippen molar-refractivity contribution in [2.24, 2.45) is 0 Å². The first-order valence-electron chi connectivity index (χ1n) is 5.44. The number of hydrogen-bond acceptors (Lipinski definition) is 2. The lowest BCUT2D eigenvalue weighted by molar-refractivity contribution is 0.0716. The molecule has 0 aliphatic carbocycles. The van der Waals surface area contributed by atoms with Crippen LogP contribution in [-0.4, -0.2) is 36.0 Å². The van der Waals surface area contributed by atoms with E-state index in [9.17, 15) is 4.79 Å². The van der Waals surface area contributed by atoms with Gasteiger partial charge >= 0.3 is 0 Å². The van der Waals surface area contributed by atoms with Gasteiger partial charge in [0.25, 0.3) is 5.91 Å². The monoisotopic (exact) mass is 202 g/mol. The van der Waals surface area contributed by atoms with E-state index in [1.54, 1.807) is 0 Å². The van der Waals surface area contributed by atoms with Crippen molar-refractivity contribution in [3.8, 4) is 0 Å². The lowest BCUT2D eigenvalue weighted by atomic mass is 10.2. The summed E-state index contributed by atoms with van der Waals surface area (Å²) >= 11 is 0. The molecule has 1 aromatic rings. The summed E-state index contributed by atoms with van der Waals surface area (Å²) in [4.78, 5) is 14.1. The molecule has 2 aliphatic heterocycles. The number of carbonyl (C=O) groups excluding carboxylic acids is 1. The molecular formula is C12H14N2O. The first-order valence-corrected chi connectivity index (χ1v) is 5.44. The Hall–Kier alpha value is -1.35. The highest BCUT2D eigenvalue weighted by molar-refractivity contribution is 5.94. The minimum absolute atomic E-state index is 0.185. The molecule has 3 rings (SSSR count). The highest BCUT2D eigenvalue weighted by atomic mass is 16.2. The maximum absolute atomic E-state index is 12.1. The zero-order valence-electron chi connectivity index (χ0n) is 8.52. The number of nitrogens with one attached hydrogen (secondary N) is 1. The average Bonchev–Trinajstić information content (AvgIpc) is 2.91. The standard InChI is InChI=1S/C12H14N2O/c15-12(9-4-2-1-3-5-9)14-8-10-6-11(14)7-13-10/h1-5,10-11,13H,6-8H2. The van der Waals surface area contributed by atoms with Crippen molar-refractivity contribution >= 4 is 5.91 Å². The molecule has 0 saturated carbocycles. The van der Waals surface area contributed by atoms with Crippen molar-refractivity contribution in [3.05, 3.63) is 35.9 Å². The summed E-state index contributed by atoms with van der Waals surface area (Å²) in [6.45, 7) is 1.83. The highest BCUT2D eigenvalue weighted by Gasteiger charge is 2.40. The Labute approximate surface area is 89.1 Å². The fourth-order valence-corrected chi connectivity index (χ4v) is 2.56. The highest BCUT2D eigenvalue weighted by Crippen LogP contribution is 2.24. The van der Waals surface area contributed by atoms with Crippen LogP contribution in [0.1, 0.15) is 16.8 Å². The summed E-state index contributed by atoms with van der Waals surface area (Å²) in [6, 6.07) is 10.5. The van der Waals surface area contributed by atoms with Crippen LogP contribution < -0.4 is 5.32 Å². The van der Waals surface area contributed by atoms with Gasteiger partial charge < -0.3 is 10.2 Å². The summed E-state index contributed by atoms with van der Waals surface area (Å²) in [5.74, 6) is 0.185. The Bertz CT molecular complexity index is 376. The normalized spacial score (nSPS) is 28.4. The second kappa shape index (κ2) is 3.35. The average molecular weight is 202 g/mol. The lowest BCUT2D eigenvalue weighted by Crippen LogP contribution is -2.46. The number of hydrogen-bond donors (Lipinski definition) is 1. The predicted molar refractivity (Wildman–Crippen MR) is 57.7 cm³/mol. The van der Waals surface area contributed by atoms with E-state index in [0.29, 0.717) is 12.1 Å². The molecule has 2 unspecified atom stereocenters. The Balaban J connectivity index is 1.81. The van der Waals surface area contributed by atoms with Crippen LogP contribution >= 0.6 is 0 Å². The lowest BCUT2D eigenvalue weighted by Gasteiger charge is -2.27. The number of benzene rings is 1. The number of carbonyl (C=O) groups is 1. The van der Waals surface area contributed by atoms with Gasteiger partial charge in [-0.2, -0.15) is 0 Å². The number of rotatable bonds is 1. The first-order chi connectivity index (χ1) is 7.34. The molecule has 78 valence electrons. The molecule has 0 aromatic heterocycles. The molecule has 2 heterocycles. The molecule has 2 fully saturated rings. The van der Waals surface area contributed by atoms with Gasteiger partial charge in [-0.15, -0.1) is 0 Å². The molecule has 1 amide bonds. The van der Waals surface area contributed by atoms with Gasteiger partial charge in [0.05, 0.1) is 0 Å². The number of fused-ring (bicyclic) bond motifs is 2. The summed E-state index contributed by atoms with van der Waals surface area (Å²) in [5, 5.41) is 3.40. The molecule has 3 heteroatoms. The van der Waals surface area contributed by atoms with Crippen molar-refractivity contribution in [2.45, 2.75) is 18.5 Å². The van der Waals surface area contributed by atoms with E-state index >= 15 is 0 Å². The summed E-state index contributed by atoms with van der Waals surface area (Å²) < 4.78 is 0. The number of amides is 1. The van der Waals surface area contributed by atoms with Crippen LogP contribution in [0, 0.1) is 0 Å². The van der Waals surface area contributed by atoms with Crippen molar-refractivity contribution in [2.75, 3.05) is 13.1 Å². The van der Waals surface area contributed by atoms with Gasteiger partial charge in [0.15, 0.2) is 0 Å². The Morgan fingerprint density at radius 1 is 1.33 bits per heavy atom. The maximum atomic E-state index is 12.1. The van der Waals surface area contributed by atoms with E-state index < -0.39 is 0 Å². The molecule has 0 spiro atoms. The van der Waals surface area contributed by atoms with Crippen molar-refractivity contribution in [3.63, 3.8) is 0 Å². The molecule has 15 heavy (non-hydrogen) atoms. The van der Waals surface area contributed by atoms with Crippen molar-refractivity contribution in [1.82, 2.24) is 10.2 Å². The Kier molecular flexibility index (Phi) is 1.99. The van der Waals surface area contributed by atoms with Crippen LogP contribution in [-0.2, 0) is 0 Å². The SMILES string of the molecule is O=C(c1ccccc1)N1CC2CC1CN2. The van der Waals surface area contributed by atoms with Crippen LogP contribution in [0.5, 0.6) is 0 Å². The predicted octanol–water partition coefficient (Wildman–Crippen LogP) is 0.873. The quantitative estimate of drug-likeness (QED) is 0.733. The van der Waals surface area contributed by atoms with Crippen LogP contribution in [0.3, 0.4) is 0 Å². The molecular weight excluding hydrogens is 188 g/mol. The van der Waals surface area contributed by atoms with Gasteiger partial charge in [-0.25, -0.2) is 0 Å². The van der Waals surface area contributed by atoms with E-state index in [0.717, 1.165) is 25.1 Å². The van der Waals surface area contributed by atoms with Gasteiger partial charge in [0.1, 0.15) is 0 Å². The van der Waals surface area contributed by atoms with E-state index in [4.69, 9.17) is 0 Å². The third-order valence-electron chi connectivity index (χ3n) is 3.34. The third-order valence-corrected chi connectivity index (χ3v) is 3.34. The zero-order valence-corrected chi connectivity index (χ0v) is 8.52. The number of piperazine rings is 1. The van der Waals surface area contributed by atoms with E-state index in [1.807, 2.05) is 35.2 Å². The molecule has 2 aliphatic rings. The fourth-order valence-electron chi connectivity index (χ4n) is 2.56. The zero-order chi connectivity index (χ0) is 10.3. The molecule has 3 nitrogen and oxygen atoms in total. The summed E-state index contributed by atoms with van der Waals surface area (Å²) in [7, 11) is 0. The minimum atomic E-state index is 0.185. The number of nitrogens with zero attached hydrogens (tertiary/aromatic N) is 1. The minimum Gasteiger partial charge on any atom is -0.333 e. The van der Waals surface area contributed by atoms with Gasteiger partial charge in [-0.3, -0.25) is 4.79 Å². The largest absolute Gasteiger partial charge is 0.333 e. The maximum Gasteiger partial charge on any atom is 0.254 e. The Morgan fingerprint density at radius 3 is 2.73 bits per heavy atom. The van der Waals surface area contributed by atoms with E-state index in [1.165, 1.54) is 0 Å². The van der Waals surface area contributed by atoms with Crippen LogP contribution in [0.25, 0.3) is 0 Å². The Morgan fingerprint density at radius 2 is 2.13 bits per heavy atom. The smallest absolute Gasteiger partial charge is 0.254 e. The van der Waals surface area contributed by atoms with Crippen LogP contribution in [0.15, 0.2) is 30.3 Å². The summed E-state index contributed by atoms with van der Waals surface area (Å²) in [5.41, 5.74) is 0.810. The van der Waals surface area contributed by atoms with Crippen molar-refractivity contribution in [1.29, 1.82) is 0 Å². The van der Waals surface area contributed by atoms with Gasteiger partial charge in [0, 0.05) is 30.7 Å². The van der Waals surface area contributed by atoms with Gasteiger partial charge in [0.2, 0.25) is 0 Å². The van der Waals surface area contributed by atoms with E-state index in [2.05, 4.69) is 5.32 Å². The second-order valence-corrected chi connectivity index (χ2v) is 4.32. The van der Waals surface area contributed by atoms with Crippen LogP contribution in [0.2, 0.25) is 0 Å². The molecule has 2 atom stereocenters. The second-order valence-electron chi connectivity index (χ2n) is 4.32. The van der Waals surface area contributed by atoms with Crippen LogP contribution in [0.4, 0.5) is 0 Å². The van der Waals surface area contributed by atoms with E-state index in [-0.39, 0.29) is 5.91 Å². The topological polar surface area (TPSA) is 32.3 Å². The van der Waals surface area contributed by atoms with Gasteiger partial charge in [-0.1, -0.05) is 18.2 Å². The fraction of sp³-hybridized carbons (Fsp3) is 0.417. The first kappa shape index (κ1) is 8.92. The number of likely N-dealkylation sites (tertiary alicyclic amines) is 1. The van der Waals surface area contributed by atoms with Crippen molar-refractivity contribution < 1.29 is 4.79 Å². The molecule has 1 aromatic carbocycles. The molecule has 1 N–H and O–H groups in total. The molecule has 2 bridgehead atoms. The third kappa shape index (κ3) is 1.43. The molecule has 0 radical (unpaired) electrons. The van der Waals surface area contributed by atoms with Gasteiger partial charge in [-0.05, 0) is 18.6 Å². The summed E-state index contributed by atoms with van der Waals surface area (Å²) in [6.07, 6.45) is 1.12.